The molecule has 0 aliphatic rings. The zero-order valence-electron chi connectivity index (χ0n) is 14.5. The highest BCUT2D eigenvalue weighted by molar-refractivity contribution is 5.76. The summed E-state index contributed by atoms with van der Waals surface area (Å²) in [6.45, 7) is 10.6. The zero-order valence-corrected chi connectivity index (χ0v) is 14.5. The number of anilines is 1. The van der Waals surface area contributed by atoms with Crippen LogP contribution in [0.5, 0.6) is 0 Å². The van der Waals surface area contributed by atoms with Gasteiger partial charge in [0.2, 0.25) is 0 Å². The molecule has 0 atom stereocenters. The lowest BCUT2D eigenvalue weighted by atomic mass is 9.86. The molecule has 128 valence electrons. The summed E-state index contributed by atoms with van der Waals surface area (Å²) in [7, 11) is 0. The van der Waals surface area contributed by atoms with Gasteiger partial charge in [-0.1, -0.05) is 34.6 Å². The predicted octanol–water partition coefficient (Wildman–Crippen LogP) is 4.43. The van der Waals surface area contributed by atoms with E-state index in [1.807, 2.05) is 34.6 Å². The molecule has 7 nitrogen and oxygen atoms in total. The van der Waals surface area contributed by atoms with Gasteiger partial charge < -0.3 is 4.90 Å². The maximum absolute atomic E-state index is 11.5. The van der Waals surface area contributed by atoms with Gasteiger partial charge in [-0.3, -0.25) is 20.2 Å². The lowest BCUT2D eigenvalue weighted by Gasteiger charge is -2.25. The number of nitro benzene ring substituents is 2. The van der Waals surface area contributed by atoms with Crippen LogP contribution in [0.2, 0.25) is 0 Å². The van der Waals surface area contributed by atoms with Crippen molar-refractivity contribution in [1.29, 1.82) is 0 Å². The first kappa shape index (κ1) is 18.9. The van der Waals surface area contributed by atoms with Crippen LogP contribution in [0.25, 0.3) is 0 Å². The lowest BCUT2D eigenvalue weighted by molar-refractivity contribution is -0.392. The van der Waals surface area contributed by atoms with Crippen molar-refractivity contribution in [1.82, 2.24) is 0 Å². The fourth-order valence-electron chi connectivity index (χ4n) is 2.51. The van der Waals surface area contributed by atoms with Gasteiger partial charge in [0.05, 0.1) is 9.85 Å². The van der Waals surface area contributed by atoms with Crippen molar-refractivity contribution in [2.75, 3.05) is 18.0 Å². The number of benzene rings is 1. The topological polar surface area (TPSA) is 89.5 Å². The van der Waals surface area contributed by atoms with Crippen LogP contribution in [-0.2, 0) is 5.41 Å². The van der Waals surface area contributed by atoms with E-state index in [1.165, 1.54) is 12.1 Å². The molecule has 0 N–H and O–H groups in total. The lowest BCUT2D eigenvalue weighted by Crippen LogP contribution is -2.27. The van der Waals surface area contributed by atoms with Crippen molar-refractivity contribution < 1.29 is 9.85 Å². The van der Waals surface area contributed by atoms with Crippen LogP contribution in [0.1, 0.15) is 53.0 Å². The third kappa shape index (κ3) is 4.40. The Morgan fingerprint density at radius 2 is 1.35 bits per heavy atom. The quantitative estimate of drug-likeness (QED) is 0.547. The van der Waals surface area contributed by atoms with Crippen molar-refractivity contribution in [3.8, 4) is 0 Å². The van der Waals surface area contributed by atoms with Gasteiger partial charge in [-0.2, -0.15) is 0 Å². The molecule has 0 aromatic heterocycles. The smallest absolute Gasteiger partial charge is 0.299 e. The van der Waals surface area contributed by atoms with E-state index < -0.39 is 15.3 Å². The van der Waals surface area contributed by atoms with E-state index in [0.717, 1.165) is 12.8 Å². The molecule has 0 bridgehead atoms. The normalized spacial score (nSPS) is 11.3. The summed E-state index contributed by atoms with van der Waals surface area (Å²) < 4.78 is 0. The summed E-state index contributed by atoms with van der Waals surface area (Å²) in [5.74, 6) is 0. The molecule has 0 fully saturated rings. The third-order valence-electron chi connectivity index (χ3n) is 3.63. The molecule has 1 rings (SSSR count). The Balaban J connectivity index is 3.70. The first-order valence-electron chi connectivity index (χ1n) is 7.85. The van der Waals surface area contributed by atoms with Crippen molar-refractivity contribution in [2.45, 2.75) is 52.9 Å². The Morgan fingerprint density at radius 3 is 1.61 bits per heavy atom. The van der Waals surface area contributed by atoms with Crippen LogP contribution in [-0.4, -0.2) is 22.9 Å². The number of hydrogen-bond acceptors (Lipinski definition) is 5. The molecule has 7 heteroatoms. The summed E-state index contributed by atoms with van der Waals surface area (Å²) in [5, 5.41) is 23.1. The molecule has 0 saturated carbocycles. The molecule has 23 heavy (non-hydrogen) atoms. The van der Waals surface area contributed by atoms with Crippen LogP contribution < -0.4 is 4.90 Å². The highest BCUT2D eigenvalue weighted by Gasteiger charge is 2.32. The first-order valence-corrected chi connectivity index (χ1v) is 7.85. The van der Waals surface area contributed by atoms with Gasteiger partial charge >= 0.3 is 0 Å². The molecular formula is C16H25N3O4. The van der Waals surface area contributed by atoms with Gasteiger partial charge in [0, 0.05) is 25.2 Å². The highest BCUT2D eigenvalue weighted by atomic mass is 16.6. The summed E-state index contributed by atoms with van der Waals surface area (Å²) in [5.41, 5.74) is -0.0738. The van der Waals surface area contributed by atoms with Crippen molar-refractivity contribution in [3.05, 3.63) is 37.9 Å². The van der Waals surface area contributed by atoms with E-state index in [4.69, 9.17) is 0 Å². The molecule has 0 spiro atoms. The Morgan fingerprint density at radius 1 is 0.957 bits per heavy atom. The maximum Gasteiger partial charge on any atom is 0.299 e. The molecule has 0 radical (unpaired) electrons. The molecule has 1 aromatic rings. The molecule has 0 heterocycles. The van der Waals surface area contributed by atoms with E-state index in [0.29, 0.717) is 18.7 Å². The summed E-state index contributed by atoms with van der Waals surface area (Å²) in [4.78, 5) is 23.8. The van der Waals surface area contributed by atoms with E-state index in [9.17, 15) is 20.2 Å². The van der Waals surface area contributed by atoms with Gasteiger partial charge in [-0.25, -0.2) is 0 Å². The molecule has 0 aliphatic carbocycles. The summed E-state index contributed by atoms with van der Waals surface area (Å²) >= 11 is 0. The van der Waals surface area contributed by atoms with Gasteiger partial charge in [0.1, 0.15) is 0 Å². The summed E-state index contributed by atoms with van der Waals surface area (Å²) in [6, 6.07) is 2.95. The molecule has 1 aromatic carbocycles. The number of hydrogen-bond donors (Lipinski definition) is 0. The van der Waals surface area contributed by atoms with Gasteiger partial charge in [0.25, 0.3) is 11.4 Å². The van der Waals surface area contributed by atoms with Crippen LogP contribution in [0.3, 0.4) is 0 Å². The minimum atomic E-state index is -0.518. The maximum atomic E-state index is 11.5. The number of nitro groups is 2. The van der Waals surface area contributed by atoms with Crippen molar-refractivity contribution in [3.63, 3.8) is 0 Å². The molecular weight excluding hydrogens is 298 g/mol. The standard InChI is InChI=1S/C16H25N3O4/c1-6-8-17(9-7-2)15-13(18(20)21)10-12(16(3,4)5)11-14(15)19(22)23/h10-11H,6-9H2,1-5H3. The second-order valence-corrected chi connectivity index (χ2v) is 6.61. The summed E-state index contributed by atoms with van der Waals surface area (Å²) in [6.07, 6.45) is 1.52. The number of nitrogens with zero attached hydrogens (tertiary/aromatic N) is 3. The van der Waals surface area contributed by atoms with Crippen LogP contribution in [0.4, 0.5) is 17.1 Å². The fraction of sp³-hybridized carbons (Fsp3) is 0.625. The van der Waals surface area contributed by atoms with E-state index in [1.54, 1.807) is 4.90 Å². The minimum Gasteiger partial charge on any atom is -0.360 e. The van der Waals surface area contributed by atoms with E-state index in [-0.39, 0.29) is 17.1 Å². The Kier molecular flexibility index (Phi) is 6.06. The molecule has 0 unspecified atom stereocenters. The molecule has 0 saturated heterocycles. The van der Waals surface area contributed by atoms with Gasteiger partial charge in [-0.05, 0) is 23.8 Å². The predicted molar refractivity (Wildman–Crippen MR) is 91.2 cm³/mol. The van der Waals surface area contributed by atoms with Crippen LogP contribution in [0.15, 0.2) is 12.1 Å². The van der Waals surface area contributed by atoms with Crippen LogP contribution in [0, 0.1) is 20.2 Å². The zero-order chi connectivity index (χ0) is 17.8. The minimum absolute atomic E-state index is 0.122. The first-order chi connectivity index (χ1) is 10.6. The Hall–Kier alpha value is -2.18. The van der Waals surface area contributed by atoms with Crippen molar-refractivity contribution >= 4 is 17.1 Å². The van der Waals surface area contributed by atoms with E-state index >= 15 is 0 Å². The number of rotatable bonds is 7. The fourth-order valence-corrected chi connectivity index (χ4v) is 2.51. The van der Waals surface area contributed by atoms with E-state index in [2.05, 4.69) is 0 Å². The van der Waals surface area contributed by atoms with Gasteiger partial charge in [-0.15, -0.1) is 0 Å². The second kappa shape index (κ2) is 7.39. The Labute approximate surface area is 136 Å². The van der Waals surface area contributed by atoms with Crippen molar-refractivity contribution in [2.24, 2.45) is 0 Å². The van der Waals surface area contributed by atoms with Gasteiger partial charge in [0.15, 0.2) is 5.69 Å². The monoisotopic (exact) mass is 323 g/mol. The highest BCUT2D eigenvalue weighted by Crippen LogP contribution is 2.41. The third-order valence-corrected chi connectivity index (χ3v) is 3.63. The molecule has 0 amide bonds. The Bertz CT molecular complexity index is 552. The average molecular weight is 323 g/mol. The van der Waals surface area contributed by atoms with Crippen LogP contribution >= 0.6 is 0 Å². The molecule has 0 aliphatic heterocycles. The largest absolute Gasteiger partial charge is 0.360 e. The average Bonchev–Trinajstić information content (AvgIpc) is 2.44. The SMILES string of the molecule is CCCN(CCC)c1c([N+](=O)[O-])cc(C(C)(C)C)cc1[N+](=O)[O-]. The second-order valence-electron chi connectivity index (χ2n) is 6.61.